The molecule has 9 N–H and O–H groups in total. The smallest absolute Gasteiger partial charge is 0.321 e. The highest BCUT2D eigenvalue weighted by atomic mass is 16.4. The summed E-state index contributed by atoms with van der Waals surface area (Å²) in [5.74, 6) is -6.01. The lowest BCUT2D eigenvalue weighted by atomic mass is 10.1. The van der Waals surface area contributed by atoms with Crippen LogP contribution in [0.5, 0.6) is 0 Å². The first-order valence-corrected chi connectivity index (χ1v) is 5.71. The van der Waals surface area contributed by atoms with Crippen LogP contribution in [0, 0.1) is 0 Å². The van der Waals surface area contributed by atoms with Crippen LogP contribution in [0.4, 0.5) is 0 Å². The largest absolute Gasteiger partial charge is 0.481 e. The van der Waals surface area contributed by atoms with Crippen LogP contribution < -0.4 is 16.8 Å². The molecule has 0 radical (unpaired) electrons. The molecule has 0 rings (SSSR count). The quantitative estimate of drug-likeness (QED) is 0.233. The lowest BCUT2D eigenvalue weighted by Crippen LogP contribution is -2.48. The van der Waals surface area contributed by atoms with Gasteiger partial charge in [0.15, 0.2) is 0 Å². The lowest BCUT2D eigenvalue weighted by molar-refractivity contribution is -0.150. The van der Waals surface area contributed by atoms with Crippen molar-refractivity contribution >= 4 is 23.9 Å². The third-order valence-corrected chi connectivity index (χ3v) is 1.92. The molecule has 0 heterocycles. The molecule has 0 bridgehead atoms. The fourth-order valence-corrected chi connectivity index (χ4v) is 1.03. The Hall–Kier alpha value is -2.24. The standard InChI is InChI=1S/C8H11NO8.C2H8N2/c10-5(11)1-3(7(14)15)9-4(8(16)17)2-6(12)13;3-1-2-4/h3-4,9H,1-2H2,(H,10,11)(H,12,13)(H,14,15)(H,16,17);1-4H2. The monoisotopic (exact) mass is 309 g/mol. The van der Waals surface area contributed by atoms with E-state index < -0.39 is 48.8 Å². The van der Waals surface area contributed by atoms with Crippen LogP contribution in [0.1, 0.15) is 12.8 Å². The summed E-state index contributed by atoms with van der Waals surface area (Å²) in [7, 11) is 0. The molecule has 0 fully saturated rings. The molecule has 0 amide bonds. The van der Waals surface area contributed by atoms with Crippen molar-refractivity contribution in [3.63, 3.8) is 0 Å². The van der Waals surface area contributed by atoms with E-state index in [4.69, 9.17) is 31.9 Å². The van der Waals surface area contributed by atoms with Crippen molar-refractivity contribution in [2.24, 2.45) is 11.5 Å². The number of carboxylic acids is 4. The van der Waals surface area contributed by atoms with Gasteiger partial charge in [-0.3, -0.25) is 24.5 Å². The summed E-state index contributed by atoms with van der Waals surface area (Å²) in [4.78, 5) is 41.9. The Kier molecular flexibility index (Phi) is 11.6. The molecule has 0 saturated heterocycles. The van der Waals surface area contributed by atoms with Gasteiger partial charge in [-0.2, -0.15) is 0 Å². The van der Waals surface area contributed by atoms with Gasteiger partial charge in [-0.15, -0.1) is 0 Å². The summed E-state index contributed by atoms with van der Waals surface area (Å²) < 4.78 is 0. The minimum Gasteiger partial charge on any atom is -0.481 e. The predicted octanol–water partition coefficient (Wildman–Crippen LogP) is -2.66. The average molecular weight is 309 g/mol. The van der Waals surface area contributed by atoms with E-state index in [9.17, 15) is 19.2 Å². The van der Waals surface area contributed by atoms with Crippen LogP contribution in [0.15, 0.2) is 0 Å². The molecule has 122 valence electrons. The first-order valence-electron chi connectivity index (χ1n) is 5.71. The number of nitrogens with one attached hydrogen (secondary N) is 1. The van der Waals surface area contributed by atoms with Crippen LogP contribution in [-0.4, -0.2) is 69.5 Å². The van der Waals surface area contributed by atoms with Gasteiger partial charge in [0.25, 0.3) is 0 Å². The fraction of sp³-hybridized carbons (Fsp3) is 0.600. The molecule has 0 aliphatic heterocycles. The van der Waals surface area contributed by atoms with Gasteiger partial charge in [0, 0.05) is 13.1 Å². The van der Waals surface area contributed by atoms with Crippen LogP contribution in [-0.2, 0) is 19.2 Å². The molecule has 0 aromatic rings. The Morgan fingerprint density at radius 1 is 0.762 bits per heavy atom. The van der Waals surface area contributed by atoms with Gasteiger partial charge in [0.2, 0.25) is 0 Å². The van der Waals surface area contributed by atoms with E-state index in [2.05, 4.69) is 0 Å². The summed E-state index contributed by atoms with van der Waals surface area (Å²) in [6, 6.07) is -3.32. The molecular formula is C10H19N3O8. The number of aliphatic carboxylic acids is 4. The van der Waals surface area contributed by atoms with Crippen molar-refractivity contribution in [3.05, 3.63) is 0 Å². The Labute approximate surface area is 119 Å². The van der Waals surface area contributed by atoms with Gasteiger partial charge < -0.3 is 31.9 Å². The SMILES string of the molecule is NCCN.O=C(O)CC(NC(CC(=O)O)C(=O)O)C(=O)O. The third-order valence-electron chi connectivity index (χ3n) is 1.92. The molecule has 11 nitrogen and oxygen atoms in total. The van der Waals surface area contributed by atoms with E-state index in [1.165, 1.54) is 0 Å². The first-order chi connectivity index (χ1) is 9.65. The van der Waals surface area contributed by atoms with Gasteiger partial charge in [-0.1, -0.05) is 0 Å². The summed E-state index contributed by atoms with van der Waals surface area (Å²) in [6.45, 7) is 1.19. The van der Waals surface area contributed by atoms with E-state index in [0.717, 1.165) is 0 Å². The van der Waals surface area contributed by atoms with Gasteiger partial charge >= 0.3 is 23.9 Å². The Morgan fingerprint density at radius 2 is 1.05 bits per heavy atom. The number of hydrogen-bond donors (Lipinski definition) is 7. The van der Waals surface area contributed by atoms with Crippen LogP contribution in [0.2, 0.25) is 0 Å². The fourth-order valence-electron chi connectivity index (χ4n) is 1.03. The molecule has 2 unspecified atom stereocenters. The number of hydrogen-bond acceptors (Lipinski definition) is 7. The van der Waals surface area contributed by atoms with E-state index in [1.54, 1.807) is 0 Å². The zero-order chi connectivity index (χ0) is 17.0. The van der Waals surface area contributed by atoms with Gasteiger partial charge in [-0.25, -0.2) is 0 Å². The maximum Gasteiger partial charge on any atom is 0.321 e. The molecule has 21 heavy (non-hydrogen) atoms. The summed E-state index contributed by atoms with van der Waals surface area (Å²) in [5, 5.41) is 36.0. The third kappa shape index (κ3) is 12.5. The molecule has 0 aromatic carbocycles. The van der Waals surface area contributed by atoms with E-state index >= 15 is 0 Å². The molecule has 0 saturated carbocycles. The van der Waals surface area contributed by atoms with Crippen molar-refractivity contribution in [2.45, 2.75) is 24.9 Å². The molecule has 0 aromatic heterocycles. The lowest BCUT2D eigenvalue weighted by Gasteiger charge is -2.17. The Balaban J connectivity index is 0. The van der Waals surface area contributed by atoms with Crippen molar-refractivity contribution in [2.75, 3.05) is 13.1 Å². The zero-order valence-electron chi connectivity index (χ0n) is 11.1. The van der Waals surface area contributed by atoms with Crippen molar-refractivity contribution in [1.82, 2.24) is 5.32 Å². The van der Waals surface area contributed by atoms with Crippen molar-refractivity contribution in [3.8, 4) is 0 Å². The summed E-state index contributed by atoms with van der Waals surface area (Å²) >= 11 is 0. The van der Waals surface area contributed by atoms with E-state index in [-0.39, 0.29) is 0 Å². The van der Waals surface area contributed by atoms with E-state index in [0.29, 0.717) is 13.1 Å². The molecule has 0 aliphatic rings. The predicted molar refractivity (Wildman–Crippen MR) is 68.6 cm³/mol. The van der Waals surface area contributed by atoms with Crippen LogP contribution in [0.3, 0.4) is 0 Å². The maximum atomic E-state index is 10.6. The van der Waals surface area contributed by atoms with Gasteiger partial charge in [0.05, 0.1) is 12.8 Å². The zero-order valence-corrected chi connectivity index (χ0v) is 11.1. The Bertz CT molecular complexity index is 339. The highest BCUT2D eigenvalue weighted by Gasteiger charge is 2.29. The van der Waals surface area contributed by atoms with Gasteiger partial charge in [-0.05, 0) is 0 Å². The topological polar surface area (TPSA) is 213 Å². The van der Waals surface area contributed by atoms with Crippen LogP contribution >= 0.6 is 0 Å². The molecular weight excluding hydrogens is 290 g/mol. The van der Waals surface area contributed by atoms with Crippen molar-refractivity contribution < 1.29 is 39.6 Å². The van der Waals surface area contributed by atoms with Crippen LogP contribution in [0.25, 0.3) is 0 Å². The average Bonchev–Trinajstić information content (AvgIpc) is 2.35. The minimum absolute atomic E-state index is 0.597. The number of nitrogens with two attached hydrogens (primary N) is 2. The molecule has 0 aliphatic carbocycles. The van der Waals surface area contributed by atoms with Gasteiger partial charge in [0.1, 0.15) is 12.1 Å². The molecule has 0 spiro atoms. The molecule has 11 heteroatoms. The highest BCUT2D eigenvalue weighted by molar-refractivity contribution is 5.84. The number of carbonyl (C=O) groups is 4. The second kappa shape index (κ2) is 11.6. The second-order valence-corrected chi connectivity index (χ2v) is 3.72. The number of rotatable bonds is 9. The minimum atomic E-state index is -1.66. The summed E-state index contributed by atoms with van der Waals surface area (Å²) in [5.41, 5.74) is 9.81. The second-order valence-electron chi connectivity index (χ2n) is 3.72. The van der Waals surface area contributed by atoms with Crippen molar-refractivity contribution in [1.29, 1.82) is 0 Å². The normalized spacial score (nSPS) is 12.5. The highest BCUT2D eigenvalue weighted by Crippen LogP contribution is 2.00. The maximum absolute atomic E-state index is 10.6. The summed E-state index contributed by atoms with van der Waals surface area (Å²) in [6.07, 6.45) is -1.70. The van der Waals surface area contributed by atoms with E-state index in [1.807, 2.05) is 5.32 Å². The first kappa shape index (κ1) is 21.1. The Morgan fingerprint density at radius 3 is 1.19 bits per heavy atom. The molecule has 2 atom stereocenters. The number of carboxylic acid groups (broad SMARTS) is 4.